The molecule has 6 heteroatoms. The summed E-state index contributed by atoms with van der Waals surface area (Å²) >= 11 is 12.1. The van der Waals surface area contributed by atoms with Crippen molar-refractivity contribution in [1.82, 2.24) is 10.1 Å². The molecule has 0 fully saturated rings. The standard InChI is InChI=1S/C18H16Cl2N2O2/c1-11(2)23-16-8-7-14(9-15(16)20)17-21-18(24-22-17)13-5-3-12(10-19)4-6-13/h3-9,11H,10H2,1-2H3. The summed E-state index contributed by atoms with van der Waals surface area (Å²) < 4.78 is 11.0. The van der Waals surface area contributed by atoms with E-state index in [0.717, 1.165) is 16.7 Å². The van der Waals surface area contributed by atoms with Crippen molar-refractivity contribution >= 4 is 23.2 Å². The summed E-state index contributed by atoms with van der Waals surface area (Å²) in [4.78, 5) is 4.43. The normalized spacial score (nSPS) is 11.0. The fourth-order valence-corrected chi connectivity index (χ4v) is 2.59. The van der Waals surface area contributed by atoms with Crippen molar-refractivity contribution in [2.45, 2.75) is 25.8 Å². The Balaban J connectivity index is 1.85. The lowest BCUT2D eigenvalue weighted by Crippen LogP contribution is -2.05. The molecule has 0 unspecified atom stereocenters. The van der Waals surface area contributed by atoms with Gasteiger partial charge in [-0.05, 0) is 49.7 Å². The van der Waals surface area contributed by atoms with Gasteiger partial charge in [0.15, 0.2) is 0 Å². The Kier molecular flexibility index (Phi) is 5.07. The highest BCUT2D eigenvalue weighted by molar-refractivity contribution is 6.32. The van der Waals surface area contributed by atoms with Crippen LogP contribution in [0, 0.1) is 0 Å². The Bertz CT molecular complexity index is 829. The summed E-state index contributed by atoms with van der Waals surface area (Å²) in [6.07, 6.45) is 0.0566. The van der Waals surface area contributed by atoms with Crippen LogP contribution in [-0.4, -0.2) is 16.2 Å². The van der Waals surface area contributed by atoms with Crippen LogP contribution in [0.25, 0.3) is 22.8 Å². The van der Waals surface area contributed by atoms with Crippen LogP contribution in [0.15, 0.2) is 47.0 Å². The number of aromatic nitrogens is 2. The molecule has 0 atom stereocenters. The van der Waals surface area contributed by atoms with Gasteiger partial charge in [-0.3, -0.25) is 0 Å². The van der Waals surface area contributed by atoms with E-state index >= 15 is 0 Å². The first-order valence-electron chi connectivity index (χ1n) is 7.52. The Morgan fingerprint density at radius 1 is 1.08 bits per heavy atom. The lowest BCUT2D eigenvalue weighted by molar-refractivity contribution is 0.242. The van der Waals surface area contributed by atoms with Crippen LogP contribution in [0.1, 0.15) is 19.4 Å². The van der Waals surface area contributed by atoms with Gasteiger partial charge >= 0.3 is 0 Å². The van der Waals surface area contributed by atoms with Gasteiger partial charge in [-0.15, -0.1) is 11.6 Å². The number of nitrogens with zero attached hydrogens (tertiary/aromatic N) is 2. The zero-order chi connectivity index (χ0) is 17.1. The first-order chi connectivity index (χ1) is 11.6. The monoisotopic (exact) mass is 362 g/mol. The van der Waals surface area contributed by atoms with Crippen molar-refractivity contribution in [3.8, 4) is 28.6 Å². The molecule has 3 aromatic rings. The minimum absolute atomic E-state index is 0.0566. The van der Waals surface area contributed by atoms with E-state index in [1.807, 2.05) is 50.2 Å². The Morgan fingerprint density at radius 2 is 1.79 bits per heavy atom. The highest BCUT2D eigenvalue weighted by atomic mass is 35.5. The van der Waals surface area contributed by atoms with E-state index in [2.05, 4.69) is 10.1 Å². The maximum absolute atomic E-state index is 6.26. The molecule has 124 valence electrons. The zero-order valence-electron chi connectivity index (χ0n) is 13.3. The van der Waals surface area contributed by atoms with Gasteiger partial charge in [0, 0.05) is 17.0 Å². The fraction of sp³-hybridized carbons (Fsp3) is 0.222. The van der Waals surface area contributed by atoms with Crippen molar-refractivity contribution in [2.24, 2.45) is 0 Å². The van der Waals surface area contributed by atoms with Crippen LogP contribution in [-0.2, 0) is 5.88 Å². The summed E-state index contributed by atoms with van der Waals surface area (Å²) in [5.74, 6) is 2.03. The molecular weight excluding hydrogens is 347 g/mol. The Morgan fingerprint density at radius 3 is 2.42 bits per heavy atom. The van der Waals surface area contributed by atoms with E-state index in [4.69, 9.17) is 32.5 Å². The minimum Gasteiger partial charge on any atom is -0.489 e. The molecule has 0 aliphatic carbocycles. The largest absolute Gasteiger partial charge is 0.489 e. The predicted molar refractivity (Wildman–Crippen MR) is 95.5 cm³/mol. The first kappa shape index (κ1) is 16.8. The molecule has 0 aliphatic rings. The van der Waals surface area contributed by atoms with Gasteiger partial charge in [0.2, 0.25) is 5.82 Å². The van der Waals surface area contributed by atoms with Gasteiger partial charge in [-0.25, -0.2) is 0 Å². The SMILES string of the molecule is CC(C)Oc1ccc(-c2noc(-c3ccc(CCl)cc3)n2)cc1Cl. The quantitative estimate of drug-likeness (QED) is 0.555. The van der Waals surface area contributed by atoms with Crippen LogP contribution in [0.5, 0.6) is 5.75 Å². The average Bonchev–Trinajstić information content (AvgIpc) is 3.06. The first-order valence-corrected chi connectivity index (χ1v) is 8.43. The number of halogens is 2. The molecule has 24 heavy (non-hydrogen) atoms. The van der Waals surface area contributed by atoms with E-state index < -0.39 is 0 Å². The minimum atomic E-state index is 0.0566. The van der Waals surface area contributed by atoms with Crippen LogP contribution >= 0.6 is 23.2 Å². The third kappa shape index (κ3) is 3.71. The third-order valence-corrected chi connectivity index (χ3v) is 3.94. The second-order valence-electron chi connectivity index (χ2n) is 5.57. The zero-order valence-corrected chi connectivity index (χ0v) is 14.8. The number of hydrogen-bond acceptors (Lipinski definition) is 4. The van der Waals surface area contributed by atoms with E-state index in [9.17, 15) is 0 Å². The van der Waals surface area contributed by atoms with Crippen molar-refractivity contribution in [1.29, 1.82) is 0 Å². The van der Waals surface area contributed by atoms with Crippen molar-refractivity contribution in [3.63, 3.8) is 0 Å². The van der Waals surface area contributed by atoms with Gasteiger partial charge in [0.25, 0.3) is 5.89 Å². The molecule has 0 spiro atoms. The van der Waals surface area contributed by atoms with E-state index in [0.29, 0.717) is 28.4 Å². The molecule has 0 radical (unpaired) electrons. The van der Waals surface area contributed by atoms with Crippen molar-refractivity contribution < 1.29 is 9.26 Å². The molecule has 0 saturated carbocycles. The van der Waals surface area contributed by atoms with E-state index in [1.165, 1.54) is 0 Å². The Labute approximate surface area is 150 Å². The van der Waals surface area contributed by atoms with Crippen molar-refractivity contribution in [3.05, 3.63) is 53.1 Å². The second-order valence-corrected chi connectivity index (χ2v) is 6.24. The van der Waals surface area contributed by atoms with Crippen molar-refractivity contribution in [2.75, 3.05) is 0 Å². The van der Waals surface area contributed by atoms with Gasteiger partial charge in [0.05, 0.1) is 11.1 Å². The summed E-state index contributed by atoms with van der Waals surface area (Å²) in [5.41, 5.74) is 2.64. The summed E-state index contributed by atoms with van der Waals surface area (Å²) in [5, 5.41) is 4.54. The number of ether oxygens (including phenoxy) is 1. The molecule has 0 bridgehead atoms. The van der Waals surface area contributed by atoms with Gasteiger partial charge < -0.3 is 9.26 Å². The molecule has 3 rings (SSSR count). The molecule has 2 aromatic carbocycles. The number of hydrogen-bond donors (Lipinski definition) is 0. The highest BCUT2D eigenvalue weighted by Gasteiger charge is 2.13. The summed E-state index contributed by atoms with van der Waals surface area (Å²) in [6.45, 7) is 3.90. The maximum Gasteiger partial charge on any atom is 0.258 e. The molecule has 1 heterocycles. The lowest BCUT2D eigenvalue weighted by Gasteiger charge is -2.11. The number of rotatable bonds is 5. The molecule has 0 aliphatic heterocycles. The fourth-order valence-electron chi connectivity index (χ4n) is 2.18. The van der Waals surface area contributed by atoms with E-state index in [-0.39, 0.29) is 6.10 Å². The highest BCUT2D eigenvalue weighted by Crippen LogP contribution is 2.31. The molecule has 0 amide bonds. The molecule has 0 saturated heterocycles. The average molecular weight is 363 g/mol. The lowest BCUT2D eigenvalue weighted by atomic mass is 10.1. The number of alkyl halides is 1. The van der Waals surface area contributed by atoms with Gasteiger partial charge in [0.1, 0.15) is 5.75 Å². The Hall–Kier alpha value is -2.04. The molecule has 0 N–H and O–H groups in total. The van der Waals surface area contributed by atoms with Crippen LogP contribution < -0.4 is 4.74 Å². The third-order valence-electron chi connectivity index (χ3n) is 3.33. The molecular formula is C18H16Cl2N2O2. The van der Waals surface area contributed by atoms with Crippen LogP contribution in [0.3, 0.4) is 0 Å². The second kappa shape index (κ2) is 7.24. The van der Waals surface area contributed by atoms with Gasteiger partial charge in [-0.2, -0.15) is 4.98 Å². The topological polar surface area (TPSA) is 48.2 Å². The van der Waals surface area contributed by atoms with Crippen LogP contribution in [0.2, 0.25) is 5.02 Å². The summed E-state index contributed by atoms with van der Waals surface area (Å²) in [6, 6.07) is 13.1. The summed E-state index contributed by atoms with van der Waals surface area (Å²) in [7, 11) is 0. The van der Waals surface area contributed by atoms with Crippen LogP contribution in [0.4, 0.5) is 0 Å². The molecule has 4 nitrogen and oxygen atoms in total. The molecule has 1 aromatic heterocycles. The maximum atomic E-state index is 6.26. The smallest absolute Gasteiger partial charge is 0.258 e. The number of benzene rings is 2. The van der Waals surface area contributed by atoms with E-state index in [1.54, 1.807) is 6.07 Å². The predicted octanol–water partition coefficient (Wildman–Crippen LogP) is 5.58. The van der Waals surface area contributed by atoms with Gasteiger partial charge in [-0.1, -0.05) is 28.9 Å².